The van der Waals surface area contributed by atoms with Crippen molar-refractivity contribution < 1.29 is 8.83 Å². The lowest BCUT2D eigenvalue weighted by molar-refractivity contribution is 0.668. The maximum atomic E-state index is 6.50. The van der Waals surface area contributed by atoms with Crippen molar-refractivity contribution in [1.82, 2.24) is 9.97 Å². The second-order valence-electron chi connectivity index (χ2n) is 17.7. The van der Waals surface area contributed by atoms with Crippen LogP contribution >= 0.6 is 11.3 Å². The summed E-state index contributed by atoms with van der Waals surface area (Å²) in [6, 6.07) is 73.1. The SMILES string of the molecule is c1ccc2c(c1)cc(N(c1ccc3c(c1)oc1ccccc13)c1cc3sc4cc(N(c5ccc6c(c5)oc5ccccc56)c5cc6ccccc6c6ccccc56)ncc4c3cn1)c1ccccc12. The summed E-state index contributed by atoms with van der Waals surface area (Å²) in [5.41, 5.74) is 7.38. The van der Waals surface area contributed by atoms with Crippen LogP contribution in [0.1, 0.15) is 0 Å². The molecule has 0 spiro atoms. The van der Waals surface area contributed by atoms with Crippen molar-refractivity contribution in [2.75, 3.05) is 9.80 Å². The van der Waals surface area contributed by atoms with Gasteiger partial charge in [0.25, 0.3) is 0 Å². The molecule has 0 aliphatic heterocycles. The third-order valence-electron chi connectivity index (χ3n) is 13.9. The van der Waals surface area contributed by atoms with Gasteiger partial charge in [0.1, 0.15) is 34.0 Å². The summed E-state index contributed by atoms with van der Waals surface area (Å²) in [4.78, 5) is 15.2. The number of thiophene rings is 1. The van der Waals surface area contributed by atoms with Gasteiger partial charge in [0.2, 0.25) is 0 Å². The predicted molar refractivity (Wildman–Crippen MR) is 289 cm³/mol. The van der Waals surface area contributed by atoms with Gasteiger partial charge in [-0.2, -0.15) is 0 Å². The van der Waals surface area contributed by atoms with E-state index in [2.05, 4.69) is 192 Å². The summed E-state index contributed by atoms with van der Waals surface area (Å²) in [7, 11) is 0. The number of para-hydroxylation sites is 2. The highest BCUT2D eigenvalue weighted by atomic mass is 32.1. The van der Waals surface area contributed by atoms with E-state index in [9.17, 15) is 0 Å². The molecular formula is C62H36N4O2S. The number of rotatable bonds is 6. The largest absolute Gasteiger partial charge is 0.456 e. The van der Waals surface area contributed by atoms with E-state index in [-0.39, 0.29) is 0 Å². The lowest BCUT2D eigenvalue weighted by Crippen LogP contribution is -2.12. The van der Waals surface area contributed by atoms with Gasteiger partial charge in [0.05, 0.1) is 22.7 Å². The molecule has 0 N–H and O–H groups in total. The molecule has 0 fully saturated rings. The standard InChI is InChI=1S/C62H36N4O2S/c1-3-15-41-37(13-1)29-53(45-19-7-5-17-43(41)45)65(39-25-27-49-47-21-9-11-23-55(47)67-57(49)31-39)61-33-59-51(35-63-61)52-36-64-62(34-60(52)69-59)66(40-26-28-50-48-22-10-12-24-56(48)68-58(50)32-40)54-30-38-14-2-4-16-42(38)44-18-6-8-20-46(44)54/h1-36H. The number of fused-ring (bicyclic) bond motifs is 15. The van der Waals surface area contributed by atoms with Crippen molar-refractivity contribution in [3.05, 3.63) is 219 Å². The Labute approximate surface area is 398 Å². The van der Waals surface area contributed by atoms with E-state index in [1.165, 1.54) is 21.5 Å². The summed E-state index contributed by atoms with van der Waals surface area (Å²) in [6.07, 6.45) is 4.04. The van der Waals surface area contributed by atoms with Crippen LogP contribution in [0.15, 0.2) is 227 Å². The van der Waals surface area contributed by atoms with Crippen molar-refractivity contribution in [1.29, 1.82) is 0 Å². The monoisotopic (exact) mass is 900 g/mol. The van der Waals surface area contributed by atoms with Gasteiger partial charge in [0, 0.05) is 77.0 Å². The third-order valence-corrected chi connectivity index (χ3v) is 15.0. The van der Waals surface area contributed by atoms with Crippen molar-refractivity contribution in [3.63, 3.8) is 0 Å². The third kappa shape index (κ3) is 5.84. The van der Waals surface area contributed by atoms with Crippen LogP contribution in [-0.2, 0) is 0 Å². The van der Waals surface area contributed by atoms with Gasteiger partial charge >= 0.3 is 0 Å². The first kappa shape index (κ1) is 38.1. The molecule has 6 nitrogen and oxygen atoms in total. The van der Waals surface area contributed by atoms with Gasteiger partial charge in [-0.15, -0.1) is 11.3 Å². The van der Waals surface area contributed by atoms with Crippen LogP contribution < -0.4 is 9.80 Å². The van der Waals surface area contributed by atoms with E-state index in [0.717, 1.165) is 120 Å². The Morgan fingerprint density at radius 3 is 1.14 bits per heavy atom. The zero-order chi connectivity index (χ0) is 45.2. The number of hydrogen-bond donors (Lipinski definition) is 0. The smallest absolute Gasteiger partial charge is 0.138 e. The fourth-order valence-corrected chi connectivity index (χ4v) is 11.8. The summed E-state index contributed by atoms with van der Waals surface area (Å²) in [5.74, 6) is 1.61. The summed E-state index contributed by atoms with van der Waals surface area (Å²) < 4.78 is 15.2. The Morgan fingerprint density at radius 2 is 0.681 bits per heavy atom. The van der Waals surface area contributed by atoms with Gasteiger partial charge in [-0.1, -0.05) is 133 Å². The predicted octanol–water partition coefficient (Wildman–Crippen LogP) is 18.2. The molecule has 7 heteroatoms. The average molecular weight is 901 g/mol. The fourth-order valence-electron chi connectivity index (χ4n) is 10.7. The number of nitrogens with zero attached hydrogens (tertiary/aromatic N) is 4. The minimum Gasteiger partial charge on any atom is -0.456 e. The maximum absolute atomic E-state index is 6.50. The molecule has 15 aromatic rings. The number of benzene rings is 10. The van der Waals surface area contributed by atoms with Crippen LogP contribution in [-0.4, -0.2) is 9.97 Å². The molecule has 15 rings (SSSR count). The number of anilines is 6. The van der Waals surface area contributed by atoms with E-state index in [1.807, 2.05) is 36.7 Å². The molecule has 0 bridgehead atoms. The highest BCUT2D eigenvalue weighted by Gasteiger charge is 2.24. The van der Waals surface area contributed by atoms with Gasteiger partial charge in [0.15, 0.2) is 0 Å². The molecule has 0 saturated carbocycles. The molecule has 69 heavy (non-hydrogen) atoms. The molecule has 5 heterocycles. The first-order valence-corrected chi connectivity index (χ1v) is 23.9. The van der Waals surface area contributed by atoms with Crippen LogP contribution in [0.5, 0.6) is 0 Å². The molecule has 5 aromatic heterocycles. The first-order chi connectivity index (χ1) is 34.2. The number of hydrogen-bond acceptors (Lipinski definition) is 7. The average Bonchev–Trinajstić information content (AvgIpc) is 4.09. The maximum Gasteiger partial charge on any atom is 0.138 e. The Hall–Kier alpha value is -9.04. The number of aromatic nitrogens is 2. The second kappa shape index (κ2) is 14.7. The van der Waals surface area contributed by atoms with Crippen molar-refractivity contribution in [2.45, 2.75) is 0 Å². The Bertz CT molecular complexity index is 4310. The lowest BCUT2D eigenvalue weighted by Gasteiger charge is -2.26. The molecule has 0 atom stereocenters. The second-order valence-corrected chi connectivity index (χ2v) is 18.8. The molecule has 0 aliphatic rings. The summed E-state index contributed by atoms with van der Waals surface area (Å²) in [5, 5.41) is 15.9. The topological polar surface area (TPSA) is 58.5 Å². The van der Waals surface area contributed by atoms with E-state index >= 15 is 0 Å². The molecule has 0 radical (unpaired) electrons. The Kier molecular flexibility index (Phi) is 8.13. The normalized spacial score (nSPS) is 12.1. The van der Waals surface area contributed by atoms with Gasteiger partial charge in [-0.25, -0.2) is 9.97 Å². The summed E-state index contributed by atoms with van der Waals surface area (Å²) >= 11 is 1.76. The van der Waals surface area contributed by atoms with Crippen LogP contribution in [0, 0.1) is 0 Å². The Morgan fingerprint density at radius 1 is 0.304 bits per heavy atom. The van der Waals surface area contributed by atoms with E-state index in [4.69, 9.17) is 18.8 Å². The van der Waals surface area contributed by atoms with Gasteiger partial charge < -0.3 is 8.83 Å². The zero-order valence-electron chi connectivity index (χ0n) is 36.8. The van der Waals surface area contributed by atoms with Crippen LogP contribution in [0.25, 0.3) is 107 Å². The van der Waals surface area contributed by atoms with Crippen molar-refractivity contribution in [3.8, 4) is 0 Å². The Balaban J connectivity index is 0.933. The highest BCUT2D eigenvalue weighted by molar-refractivity contribution is 7.25. The summed E-state index contributed by atoms with van der Waals surface area (Å²) in [6.45, 7) is 0. The van der Waals surface area contributed by atoms with E-state index < -0.39 is 0 Å². The van der Waals surface area contributed by atoms with Gasteiger partial charge in [-0.3, -0.25) is 9.80 Å². The number of furan rings is 2. The van der Waals surface area contributed by atoms with E-state index in [0.29, 0.717) is 0 Å². The molecule has 0 aliphatic carbocycles. The van der Waals surface area contributed by atoms with E-state index in [1.54, 1.807) is 11.3 Å². The molecule has 0 saturated heterocycles. The zero-order valence-corrected chi connectivity index (χ0v) is 37.6. The van der Waals surface area contributed by atoms with Crippen LogP contribution in [0.3, 0.4) is 0 Å². The van der Waals surface area contributed by atoms with Gasteiger partial charge in [-0.05, 0) is 93.0 Å². The lowest BCUT2D eigenvalue weighted by atomic mass is 9.99. The molecule has 10 aromatic carbocycles. The minimum atomic E-state index is 0.807. The fraction of sp³-hybridized carbons (Fsp3) is 0. The highest BCUT2D eigenvalue weighted by Crippen LogP contribution is 2.47. The minimum absolute atomic E-state index is 0.807. The molecule has 0 amide bonds. The molecule has 0 unspecified atom stereocenters. The van der Waals surface area contributed by atoms with Crippen LogP contribution in [0.4, 0.5) is 34.4 Å². The quantitative estimate of drug-likeness (QED) is 0.155. The van der Waals surface area contributed by atoms with Crippen molar-refractivity contribution in [2.24, 2.45) is 0 Å². The first-order valence-electron chi connectivity index (χ1n) is 23.1. The molecular weight excluding hydrogens is 865 g/mol. The van der Waals surface area contributed by atoms with Crippen LogP contribution in [0.2, 0.25) is 0 Å². The molecule has 322 valence electrons. The van der Waals surface area contributed by atoms with Crippen molar-refractivity contribution >= 4 is 153 Å². The number of pyridine rings is 2.